The lowest BCUT2D eigenvalue weighted by Gasteiger charge is -2.11. The average Bonchev–Trinajstić information content (AvgIpc) is 2.46. The van der Waals surface area contributed by atoms with Gasteiger partial charge in [0.25, 0.3) is 0 Å². The van der Waals surface area contributed by atoms with Gasteiger partial charge >= 0.3 is 0 Å². The lowest BCUT2D eigenvalue weighted by molar-refractivity contribution is 0.402. The van der Waals surface area contributed by atoms with Crippen LogP contribution >= 0.6 is 11.6 Å². The van der Waals surface area contributed by atoms with Crippen LogP contribution in [0, 0.1) is 11.8 Å². The lowest BCUT2D eigenvalue weighted by Crippen LogP contribution is -2.07. The second-order valence-electron chi connectivity index (χ2n) is 4.15. The summed E-state index contributed by atoms with van der Waals surface area (Å²) >= 11 is 5.84. The van der Waals surface area contributed by atoms with Gasteiger partial charge in [0, 0.05) is 5.69 Å². The molecule has 0 aromatic carbocycles. The second kappa shape index (κ2) is 3.30. The van der Waals surface area contributed by atoms with Gasteiger partial charge in [-0.25, -0.2) is 4.98 Å². The monoisotopic (exact) mass is 195 g/mol. The molecule has 1 aromatic heterocycles. The van der Waals surface area contributed by atoms with Crippen molar-refractivity contribution in [2.24, 2.45) is 11.8 Å². The van der Waals surface area contributed by atoms with Gasteiger partial charge in [-0.05, 0) is 36.3 Å². The first-order chi connectivity index (χ1) is 6.16. The first kappa shape index (κ1) is 9.01. The zero-order valence-electron chi connectivity index (χ0n) is 8.05. The van der Waals surface area contributed by atoms with Crippen LogP contribution < -0.4 is 0 Å². The molecule has 1 nitrogen and oxygen atoms in total. The Kier molecular flexibility index (Phi) is 2.29. The van der Waals surface area contributed by atoms with Crippen LogP contribution in [0.2, 0.25) is 5.15 Å². The summed E-state index contributed by atoms with van der Waals surface area (Å²) in [4.78, 5) is 4.35. The fourth-order valence-corrected chi connectivity index (χ4v) is 2.11. The highest BCUT2D eigenvalue weighted by molar-refractivity contribution is 6.29. The minimum absolute atomic E-state index is 0.628. The van der Waals surface area contributed by atoms with Crippen molar-refractivity contribution in [2.75, 3.05) is 0 Å². The molecule has 0 bridgehead atoms. The molecule has 0 N–H and O–H groups in total. The first-order valence-electron chi connectivity index (χ1n) is 4.81. The fourth-order valence-electron chi connectivity index (χ4n) is 1.94. The largest absolute Gasteiger partial charge is 0.241 e. The summed E-state index contributed by atoms with van der Waals surface area (Å²) in [6.07, 6.45) is 2.28. The molecule has 13 heavy (non-hydrogen) atoms. The van der Waals surface area contributed by atoms with Crippen molar-refractivity contribution < 1.29 is 0 Å². The van der Waals surface area contributed by atoms with Crippen LogP contribution in [0.4, 0.5) is 0 Å². The molecule has 1 heterocycles. The normalized spacial score (nSPS) is 20.8. The molecule has 1 aromatic rings. The van der Waals surface area contributed by atoms with Crippen molar-refractivity contribution >= 4 is 11.6 Å². The molecule has 0 saturated heterocycles. The SMILES string of the molecule is CC(C)C1Cc2ccc(Cl)nc2C1. The molecule has 0 spiro atoms. The van der Waals surface area contributed by atoms with Crippen LogP contribution in [0.25, 0.3) is 0 Å². The molecule has 2 heteroatoms. The molecule has 2 rings (SSSR count). The van der Waals surface area contributed by atoms with E-state index in [1.165, 1.54) is 17.7 Å². The van der Waals surface area contributed by atoms with Crippen LogP contribution in [0.3, 0.4) is 0 Å². The minimum atomic E-state index is 0.628. The predicted molar refractivity (Wildman–Crippen MR) is 55.0 cm³/mol. The van der Waals surface area contributed by atoms with Crippen LogP contribution in [0.1, 0.15) is 25.1 Å². The van der Waals surface area contributed by atoms with E-state index in [1.54, 1.807) is 0 Å². The van der Waals surface area contributed by atoms with Gasteiger partial charge in [-0.1, -0.05) is 31.5 Å². The van der Waals surface area contributed by atoms with Crippen LogP contribution in [-0.2, 0) is 12.8 Å². The third kappa shape index (κ3) is 1.71. The summed E-state index contributed by atoms with van der Waals surface area (Å²) in [6.45, 7) is 4.55. The van der Waals surface area contributed by atoms with E-state index in [1.807, 2.05) is 6.07 Å². The number of halogens is 1. The Balaban J connectivity index is 2.25. The summed E-state index contributed by atoms with van der Waals surface area (Å²) in [6, 6.07) is 4.01. The molecule has 0 amide bonds. The minimum Gasteiger partial charge on any atom is -0.241 e. The van der Waals surface area contributed by atoms with Gasteiger partial charge in [-0.2, -0.15) is 0 Å². The van der Waals surface area contributed by atoms with Crippen molar-refractivity contribution in [3.8, 4) is 0 Å². The number of fused-ring (bicyclic) bond motifs is 1. The number of aromatic nitrogens is 1. The molecule has 0 fully saturated rings. The summed E-state index contributed by atoms with van der Waals surface area (Å²) < 4.78 is 0. The smallest absolute Gasteiger partial charge is 0.129 e. The van der Waals surface area contributed by atoms with Gasteiger partial charge in [0.1, 0.15) is 5.15 Å². The van der Waals surface area contributed by atoms with E-state index in [2.05, 4.69) is 24.9 Å². The van der Waals surface area contributed by atoms with Gasteiger partial charge < -0.3 is 0 Å². The van der Waals surface area contributed by atoms with Crippen molar-refractivity contribution in [1.82, 2.24) is 4.98 Å². The molecule has 70 valence electrons. The van der Waals surface area contributed by atoms with Crippen molar-refractivity contribution in [2.45, 2.75) is 26.7 Å². The Morgan fingerprint density at radius 1 is 1.38 bits per heavy atom. The highest BCUT2D eigenvalue weighted by Gasteiger charge is 2.24. The van der Waals surface area contributed by atoms with E-state index in [0.717, 1.165) is 18.3 Å². The fraction of sp³-hybridized carbons (Fsp3) is 0.545. The zero-order chi connectivity index (χ0) is 9.42. The molecule has 0 aliphatic heterocycles. The van der Waals surface area contributed by atoms with Gasteiger partial charge in [-0.15, -0.1) is 0 Å². The molecule has 0 radical (unpaired) electrons. The average molecular weight is 196 g/mol. The highest BCUT2D eigenvalue weighted by atomic mass is 35.5. The van der Waals surface area contributed by atoms with Crippen molar-refractivity contribution in [3.63, 3.8) is 0 Å². The first-order valence-corrected chi connectivity index (χ1v) is 5.19. The van der Waals surface area contributed by atoms with Crippen LogP contribution in [-0.4, -0.2) is 4.98 Å². The zero-order valence-corrected chi connectivity index (χ0v) is 8.80. The lowest BCUT2D eigenvalue weighted by atomic mass is 9.93. The van der Waals surface area contributed by atoms with Crippen molar-refractivity contribution in [3.05, 3.63) is 28.5 Å². The Hall–Kier alpha value is -0.560. The number of hydrogen-bond acceptors (Lipinski definition) is 1. The molecule has 1 unspecified atom stereocenters. The number of rotatable bonds is 1. The number of hydrogen-bond donors (Lipinski definition) is 0. The Labute approximate surface area is 84.1 Å². The third-order valence-corrected chi connectivity index (χ3v) is 3.13. The Bertz CT molecular complexity index is 320. The highest BCUT2D eigenvalue weighted by Crippen LogP contribution is 2.30. The van der Waals surface area contributed by atoms with E-state index < -0.39 is 0 Å². The van der Waals surface area contributed by atoms with Gasteiger partial charge in [-0.3, -0.25) is 0 Å². The van der Waals surface area contributed by atoms with Crippen molar-refractivity contribution in [1.29, 1.82) is 0 Å². The number of nitrogens with zero attached hydrogens (tertiary/aromatic N) is 1. The molecule has 0 saturated carbocycles. The van der Waals surface area contributed by atoms with Gasteiger partial charge in [0.2, 0.25) is 0 Å². The maximum atomic E-state index is 5.84. The number of pyridine rings is 1. The maximum absolute atomic E-state index is 5.84. The topological polar surface area (TPSA) is 12.9 Å². The molecular formula is C11H14ClN. The molecule has 1 aliphatic carbocycles. The third-order valence-electron chi connectivity index (χ3n) is 2.91. The summed E-state index contributed by atoms with van der Waals surface area (Å²) in [5, 5.41) is 0.628. The second-order valence-corrected chi connectivity index (χ2v) is 4.54. The summed E-state index contributed by atoms with van der Waals surface area (Å²) in [5.41, 5.74) is 2.61. The summed E-state index contributed by atoms with van der Waals surface area (Å²) in [5.74, 6) is 1.51. The van der Waals surface area contributed by atoms with Crippen LogP contribution in [0.5, 0.6) is 0 Å². The van der Waals surface area contributed by atoms with E-state index >= 15 is 0 Å². The van der Waals surface area contributed by atoms with Gasteiger partial charge in [0.05, 0.1) is 0 Å². The van der Waals surface area contributed by atoms with E-state index in [-0.39, 0.29) is 0 Å². The van der Waals surface area contributed by atoms with E-state index in [4.69, 9.17) is 11.6 Å². The van der Waals surface area contributed by atoms with Gasteiger partial charge in [0.15, 0.2) is 0 Å². The van der Waals surface area contributed by atoms with E-state index in [9.17, 15) is 0 Å². The van der Waals surface area contributed by atoms with E-state index in [0.29, 0.717) is 5.15 Å². The Morgan fingerprint density at radius 2 is 2.15 bits per heavy atom. The quantitative estimate of drug-likeness (QED) is 0.628. The molecular weight excluding hydrogens is 182 g/mol. The molecule has 1 aliphatic rings. The standard InChI is InChI=1S/C11H14ClN/c1-7(2)9-5-8-3-4-11(12)13-10(8)6-9/h3-4,7,9H,5-6H2,1-2H3. The van der Waals surface area contributed by atoms with Crippen LogP contribution in [0.15, 0.2) is 12.1 Å². The Morgan fingerprint density at radius 3 is 2.85 bits per heavy atom. The predicted octanol–water partition coefficient (Wildman–Crippen LogP) is 3.11. The maximum Gasteiger partial charge on any atom is 0.129 e. The summed E-state index contributed by atoms with van der Waals surface area (Å²) in [7, 11) is 0. The molecule has 1 atom stereocenters.